The van der Waals surface area contributed by atoms with Crippen LogP contribution in [0.2, 0.25) is 0 Å². The summed E-state index contributed by atoms with van der Waals surface area (Å²) < 4.78 is 5.97. The average Bonchev–Trinajstić information content (AvgIpc) is 3.18. The van der Waals surface area contributed by atoms with E-state index in [0.29, 0.717) is 12.0 Å². The molecule has 0 saturated carbocycles. The number of nitrogens with one attached hydrogen (secondary N) is 1. The van der Waals surface area contributed by atoms with E-state index >= 15 is 0 Å². The van der Waals surface area contributed by atoms with Crippen LogP contribution in [0.25, 0.3) is 0 Å². The van der Waals surface area contributed by atoms with Gasteiger partial charge in [-0.1, -0.05) is 56.3 Å². The fourth-order valence-corrected chi connectivity index (χ4v) is 3.77. The second-order valence-corrected chi connectivity index (χ2v) is 8.20. The summed E-state index contributed by atoms with van der Waals surface area (Å²) in [7, 11) is 0. The monoisotopic (exact) mass is 366 g/mol. The van der Waals surface area contributed by atoms with Gasteiger partial charge in [0.25, 0.3) is 0 Å². The number of hydrogen-bond donors (Lipinski definition) is 1. The molecule has 0 spiro atoms. The van der Waals surface area contributed by atoms with Crippen molar-refractivity contribution in [3.63, 3.8) is 0 Å². The van der Waals surface area contributed by atoms with Crippen LogP contribution in [0, 0.1) is 5.92 Å². The van der Waals surface area contributed by atoms with Gasteiger partial charge in [0.1, 0.15) is 5.75 Å². The van der Waals surface area contributed by atoms with Gasteiger partial charge in [-0.2, -0.15) is 0 Å². The number of likely N-dealkylation sites (tertiary alicyclic amines) is 1. The first-order valence-corrected chi connectivity index (χ1v) is 10.4. The van der Waals surface area contributed by atoms with Gasteiger partial charge in [0.2, 0.25) is 0 Å². The molecule has 2 atom stereocenters. The number of benzene rings is 2. The first-order chi connectivity index (χ1) is 13.1. The van der Waals surface area contributed by atoms with Crippen LogP contribution in [-0.2, 0) is 0 Å². The molecule has 1 aliphatic rings. The molecule has 2 aromatic rings. The number of nitrogens with zero attached hydrogens (tertiary/aromatic N) is 1. The zero-order chi connectivity index (χ0) is 19.1. The van der Waals surface area contributed by atoms with E-state index in [1.54, 1.807) is 0 Å². The Labute approximate surface area is 164 Å². The highest BCUT2D eigenvalue weighted by Gasteiger charge is 2.20. The molecule has 1 fully saturated rings. The topological polar surface area (TPSA) is 24.5 Å². The molecule has 3 rings (SSSR count). The molecule has 2 unspecified atom stereocenters. The van der Waals surface area contributed by atoms with Crippen molar-refractivity contribution < 1.29 is 4.74 Å². The third-order valence-electron chi connectivity index (χ3n) is 5.09. The van der Waals surface area contributed by atoms with Crippen molar-refractivity contribution in [1.29, 1.82) is 0 Å². The smallest absolute Gasteiger partial charge is 0.119 e. The summed E-state index contributed by atoms with van der Waals surface area (Å²) in [5, 5.41) is 3.87. The van der Waals surface area contributed by atoms with Crippen molar-refractivity contribution in [2.45, 2.75) is 45.7 Å². The predicted molar refractivity (Wildman–Crippen MR) is 113 cm³/mol. The summed E-state index contributed by atoms with van der Waals surface area (Å²) in [5.41, 5.74) is 2.56. The minimum atomic E-state index is 0.173. The van der Waals surface area contributed by atoms with E-state index in [0.717, 1.165) is 18.9 Å². The van der Waals surface area contributed by atoms with Gasteiger partial charge in [-0.05, 0) is 62.0 Å². The minimum Gasteiger partial charge on any atom is -0.493 e. The molecule has 0 aromatic heterocycles. The highest BCUT2D eigenvalue weighted by atomic mass is 16.5. The van der Waals surface area contributed by atoms with Gasteiger partial charge in [0.05, 0.1) is 12.6 Å². The predicted octanol–water partition coefficient (Wildman–Crippen LogP) is 4.88. The van der Waals surface area contributed by atoms with Crippen LogP contribution in [-0.4, -0.2) is 37.2 Å². The molecule has 0 bridgehead atoms. The Kier molecular flexibility index (Phi) is 7.31. The lowest BCUT2D eigenvalue weighted by molar-refractivity contribution is 0.270. The quantitative estimate of drug-likeness (QED) is 0.684. The van der Waals surface area contributed by atoms with Crippen LogP contribution < -0.4 is 10.1 Å². The molecule has 1 aliphatic heterocycles. The summed E-state index contributed by atoms with van der Waals surface area (Å²) in [4.78, 5) is 2.57. The molecule has 1 N–H and O–H groups in total. The van der Waals surface area contributed by atoms with Gasteiger partial charge in [0, 0.05) is 12.6 Å². The second-order valence-electron chi connectivity index (χ2n) is 8.20. The lowest BCUT2D eigenvalue weighted by Gasteiger charge is -2.27. The van der Waals surface area contributed by atoms with E-state index in [1.165, 1.54) is 37.1 Å². The van der Waals surface area contributed by atoms with Crippen molar-refractivity contribution >= 4 is 0 Å². The molecule has 0 aliphatic carbocycles. The molecule has 2 aromatic carbocycles. The molecule has 1 heterocycles. The van der Waals surface area contributed by atoms with Crippen LogP contribution in [0.15, 0.2) is 54.6 Å². The van der Waals surface area contributed by atoms with E-state index < -0.39 is 0 Å². The number of ether oxygens (including phenoxy) is 1. The van der Waals surface area contributed by atoms with Gasteiger partial charge in [-0.3, -0.25) is 0 Å². The van der Waals surface area contributed by atoms with E-state index in [-0.39, 0.29) is 6.04 Å². The lowest BCUT2D eigenvalue weighted by atomic mass is 9.97. The maximum absolute atomic E-state index is 5.97. The van der Waals surface area contributed by atoms with E-state index in [4.69, 9.17) is 4.74 Å². The van der Waals surface area contributed by atoms with Crippen LogP contribution in [0.3, 0.4) is 0 Å². The lowest BCUT2D eigenvalue weighted by Crippen LogP contribution is -2.40. The molecule has 0 radical (unpaired) electrons. The van der Waals surface area contributed by atoms with Gasteiger partial charge >= 0.3 is 0 Å². The van der Waals surface area contributed by atoms with Crippen molar-refractivity contribution in [3.8, 4) is 5.75 Å². The highest BCUT2D eigenvalue weighted by molar-refractivity contribution is 5.36. The molecular formula is C24H34N2O. The summed E-state index contributed by atoms with van der Waals surface area (Å²) in [5.74, 6) is 1.48. The fourth-order valence-electron chi connectivity index (χ4n) is 3.77. The SMILES string of the molecule is CC(C)COc1cccc(C(NC(C)CN2CCCC2)c2ccccc2)c1. The summed E-state index contributed by atoms with van der Waals surface area (Å²) in [6.45, 7) is 11.0. The number of rotatable bonds is 9. The van der Waals surface area contributed by atoms with Gasteiger partial charge in [0.15, 0.2) is 0 Å². The van der Waals surface area contributed by atoms with Crippen LogP contribution in [0.5, 0.6) is 5.75 Å². The van der Waals surface area contributed by atoms with E-state index in [9.17, 15) is 0 Å². The zero-order valence-corrected chi connectivity index (χ0v) is 17.0. The Bertz CT molecular complexity index is 680. The molecule has 1 saturated heterocycles. The molecule has 27 heavy (non-hydrogen) atoms. The molecule has 3 heteroatoms. The molecule has 3 nitrogen and oxygen atoms in total. The Morgan fingerprint density at radius 2 is 1.63 bits per heavy atom. The Morgan fingerprint density at radius 3 is 2.33 bits per heavy atom. The second kappa shape index (κ2) is 9.91. The normalized spacial score (nSPS) is 17.2. The molecular weight excluding hydrogens is 332 g/mol. The van der Waals surface area contributed by atoms with Crippen LogP contribution in [0.4, 0.5) is 0 Å². The van der Waals surface area contributed by atoms with Crippen LogP contribution >= 0.6 is 0 Å². The average molecular weight is 367 g/mol. The highest BCUT2D eigenvalue weighted by Crippen LogP contribution is 2.26. The van der Waals surface area contributed by atoms with Crippen LogP contribution in [0.1, 0.15) is 50.8 Å². The first-order valence-electron chi connectivity index (χ1n) is 10.4. The van der Waals surface area contributed by atoms with Gasteiger partial charge < -0.3 is 15.0 Å². The largest absolute Gasteiger partial charge is 0.493 e. The molecule has 0 amide bonds. The van der Waals surface area contributed by atoms with Gasteiger partial charge in [-0.25, -0.2) is 0 Å². The van der Waals surface area contributed by atoms with E-state index in [1.807, 2.05) is 0 Å². The van der Waals surface area contributed by atoms with E-state index in [2.05, 4.69) is 85.6 Å². The Hall–Kier alpha value is -1.84. The third-order valence-corrected chi connectivity index (χ3v) is 5.09. The summed E-state index contributed by atoms with van der Waals surface area (Å²) >= 11 is 0. The summed E-state index contributed by atoms with van der Waals surface area (Å²) in [6, 6.07) is 19.9. The maximum Gasteiger partial charge on any atom is 0.119 e. The van der Waals surface area contributed by atoms with Gasteiger partial charge in [-0.15, -0.1) is 0 Å². The van der Waals surface area contributed by atoms with Crippen molar-refractivity contribution in [1.82, 2.24) is 10.2 Å². The summed E-state index contributed by atoms with van der Waals surface area (Å²) in [6.07, 6.45) is 2.67. The molecule has 146 valence electrons. The fraction of sp³-hybridized carbons (Fsp3) is 0.500. The number of hydrogen-bond acceptors (Lipinski definition) is 3. The van der Waals surface area contributed by atoms with Crippen molar-refractivity contribution in [3.05, 3.63) is 65.7 Å². The van der Waals surface area contributed by atoms with Crippen molar-refractivity contribution in [2.75, 3.05) is 26.2 Å². The minimum absolute atomic E-state index is 0.173. The third kappa shape index (κ3) is 6.08. The Balaban J connectivity index is 1.76. The van der Waals surface area contributed by atoms with Crippen molar-refractivity contribution in [2.24, 2.45) is 5.92 Å². The Morgan fingerprint density at radius 1 is 0.926 bits per heavy atom. The maximum atomic E-state index is 5.97. The standard InChI is InChI=1S/C24H34N2O/c1-19(2)18-27-23-13-9-12-22(16-23)24(21-10-5-4-6-11-21)25-20(3)17-26-14-7-8-15-26/h4-6,9-13,16,19-20,24-25H,7-8,14-15,17-18H2,1-3H3. The zero-order valence-electron chi connectivity index (χ0n) is 17.0. The first kappa shape index (κ1) is 19.9.